The Labute approximate surface area is 85.1 Å². The summed E-state index contributed by atoms with van der Waals surface area (Å²) in [6, 6.07) is 0. The fourth-order valence-electron chi connectivity index (χ4n) is 0.413. The molecule has 0 aromatic carbocycles. The van der Waals surface area contributed by atoms with Crippen molar-refractivity contribution in [3.8, 4) is 0 Å². The summed E-state index contributed by atoms with van der Waals surface area (Å²) in [5.41, 5.74) is -0.957. The molecule has 0 spiro atoms. The Balaban J connectivity index is 3.82. The molecule has 0 rings (SSSR count). The summed E-state index contributed by atoms with van der Waals surface area (Å²) >= 11 is 0. The van der Waals surface area contributed by atoms with Gasteiger partial charge in [-0.2, -0.15) is 4.89 Å². The first-order chi connectivity index (χ1) is 6.19. The molecule has 0 aliphatic carbocycles. The van der Waals surface area contributed by atoms with Crippen LogP contribution in [0, 0.1) is 10.8 Å². The SMILES string of the molecule is CC(C)(CO)COOC(=O)C(C)(C)C. The van der Waals surface area contributed by atoms with Crippen LogP contribution in [0.15, 0.2) is 0 Å². The van der Waals surface area contributed by atoms with Crippen LogP contribution in [0.25, 0.3) is 0 Å². The van der Waals surface area contributed by atoms with Crippen molar-refractivity contribution in [2.75, 3.05) is 13.2 Å². The van der Waals surface area contributed by atoms with E-state index in [9.17, 15) is 4.79 Å². The monoisotopic (exact) mass is 204 g/mol. The Hall–Kier alpha value is -0.610. The highest BCUT2D eigenvalue weighted by Gasteiger charge is 2.25. The van der Waals surface area contributed by atoms with E-state index in [1.165, 1.54) is 0 Å². The molecule has 4 nitrogen and oxygen atoms in total. The molecule has 0 radical (unpaired) electrons. The Morgan fingerprint density at radius 2 is 1.71 bits per heavy atom. The molecule has 84 valence electrons. The van der Waals surface area contributed by atoms with Crippen LogP contribution in [0.2, 0.25) is 0 Å². The average molecular weight is 204 g/mol. The number of aliphatic hydroxyl groups is 1. The van der Waals surface area contributed by atoms with E-state index in [1.54, 1.807) is 20.8 Å². The third kappa shape index (κ3) is 5.19. The van der Waals surface area contributed by atoms with Crippen molar-refractivity contribution >= 4 is 5.97 Å². The topological polar surface area (TPSA) is 55.8 Å². The van der Waals surface area contributed by atoms with Gasteiger partial charge in [-0.3, -0.25) is 4.89 Å². The van der Waals surface area contributed by atoms with Gasteiger partial charge < -0.3 is 5.11 Å². The number of aliphatic hydroxyl groups excluding tert-OH is 1. The van der Waals surface area contributed by atoms with Crippen LogP contribution >= 0.6 is 0 Å². The standard InChI is InChI=1S/C10H20O4/c1-9(2,3)8(12)14-13-7-10(4,5)6-11/h11H,6-7H2,1-5H3. The van der Waals surface area contributed by atoms with Gasteiger partial charge in [0.1, 0.15) is 6.61 Å². The molecule has 0 saturated heterocycles. The van der Waals surface area contributed by atoms with Crippen LogP contribution in [0.1, 0.15) is 34.6 Å². The van der Waals surface area contributed by atoms with Crippen LogP contribution < -0.4 is 0 Å². The van der Waals surface area contributed by atoms with Gasteiger partial charge in [0.2, 0.25) is 0 Å². The fraction of sp³-hybridized carbons (Fsp3) is 0.900. The van der Waals surface area contributed by atoms with Crippen LogP contribution in [-0.2, 0) is 14.6 Å². The minimum Gasteiger partial charge on any atom is -0.396 e. The maximum Gasteiger partial charge on any atom is 0.347 e. The van der Waals surface area contributed by atoms with Gasteiger partial charge in [0, 0.05) is 5.41 Å². The summed E-state index contributed by atoms with van der Waals surface area (Å²) in [5, 5.41) is 8.90. The van der Waals surface area contributed by atoms with E-state index in [2.05, 4.69) is 4.89 Å². The van der Waals surface area contributed by atoms with Gasteiger partial charge in [-0.25, -0.2) is 4.79 Å². The minimum atomic E-state index is -0.566. The Morgan fingerprint density at radius 3 is 2.07 bits per heavy atom. The molecule has 0 aliphatic heterocycles. The van der Waals surface area contributed by atoms with E-state index in [-0.39, 0.29) is 13.2 Å². The molecule has 1 N–H and O–H groups in total. The van der Waals surface area contributed by atoms with E-state index in [0.717, 1.165) is 0 Å². The summed E-state index contributed by atoms with van der Waals surface area (Å²) in [4.78, 5) is 20.6. The molecule has 0 atom stereocenters. The molecule has 0 bridgehead atoms. The van der Waals surface area contributed by atoms with Crippen LogP contribution in [0.4, 0.5) is 0 Å². The largest absolute Gasteiger partial charge is 0.396 e. The third-order valence-corrected chi connectivity index (χ3v) is 1.62. The summed E-state index contributed by atoms with van der Waals surface area (Å²) in [5.74, 6) is -0.411. The van der Waals surface area contributed by atoms with Gasteiger partial charge in [0.25, 0.3) is 0 Å². The summed E-state index contributed by atoms with van der Waals surface area (Å²) in [6.07, 6.45) is 0. The Morgan fingerprint density at radius 1 is 1.21 bits per heavy atom. The molecule has 14 heavy (non-hydrogen) atoms. The zero-order chi connectivity index (χ0) is 11.4. The minimum absolute atomic E-state index is 0.0138. The second kappa shape index (κ2) is 4.75. The van der Waals surface area contributed by atoms with Crippen molar-refractivity contribution in [2.24, 2.45) is 10.8 Å². The fourth-order valence-corrected chi connectivity index (χ4v) is 0.413. The maximum absolute atomic E-state index is 11.2. The summed E-state index contributed by atoms with van der Waals surface area (Å²) in [6.45, 7) is 9.04. The van der Waals surface area contributed by atoms with E-state index < -0.39 is 16.8 Å². The first-order valence-corrected chi connectivity index (χ1v) is 4.64. The van der Waals surface area contributed by atoms with Crippen LogP contribution in [-0.4, -0.2) is 24.3 Å². The number of hydrogen-bond acceptors (Lipinski definition) is 4. The first-order valence-electron chi connectivity index (χ1n) is 4.64. The van der Waals surface area contributed by atoms with E-state index >= 15 is 0 Å². The average Bonchev–Trinajstić information content (AvgIpc) is 2.02. The summed E-state index contributed by atoms with van der Waals surface area (Å²) < 4.78 is 0. The lowest BCUT2D eigenvalue weighted by Gasteiger charge is -2.21. The van der Waals surface area contributed by atoms with Gasteiger partial charge in [0.05, 0.1) is 12.0 Å². The second-order valence-corrected chi connectivity index (χ2v) is 5.21. The number of hydrogen-bond donors (Lipinski definition) is 1. The van der Waals surface area contributed by atoms with Crippen molar-refractivity contribution in [2.45, 2.75) is 34.6 Å². The Kier molecular flexibility index (Phi) is 4.55. The van der Waals surface area contributed by atoms with E-state index in [1.807, 2.05) is 13.8 Å². The van der Waals surface area contributed by atoms with Gasteiger partial charge in [-0.15, -0.1) is 0 Å². The van der Waals surface area contributed by atoms with E-state index in [4.69, 9.17) is 9.99 Å². The summed E-state index contributed by atoms with van der Waals surface area (Å²) in [7, 11) is 0. The van der Waals surface area contributed by atoms with Crippen molar-refractivity contribution in [1.82, 2.24) is 0 Å². The van der Waals surface area contributed by atoms with Crippen LogP contribution in [0.5, 0.6) is 0 Å². The molecular weight excluding hydrogens is 184 g/mol. The highest BCUT2D eigenvalue weighted by atomic mass is 17.2. The predicted octanol–water partition coefficient (Wildman–Crippen LogP) is 1.53. The molecular formula is C10H20O4. The smallest absolute Gasteiger partial charge is 0.347 e. The lowest BCUT2D eigenvalue weighted by Crippen LogP contribution is -2.28. The molecule has 4 heteroatoms. The Bertz CT molecular complexity index is 191. The second-order valence-electron chi connectivity index (χ2n) is 5.21. The quantitative estimate of drug-likeness (QED) is 0.557. The van der Waals surface area contributed by atoms with Crippen molar-refractivity contribution in [3.63, 3.8) is 0 Å². The lowest BCUT2D eigenvalue weighted by molar-refractivity contribution is -0.291. The van der Waals surface area contributed by atoms with Gasteiger partial charge >= 0.3 is 5.97 Å². The zero-order valence-corrected chi connectivity index (χ0v) is 9.59. The van der Waals surface area contributed by atoms with Crippen molar-refractivity contribution in [3.05, 3.63) is 0 Å². The highest BCUT2D eigenvalue weighted by Crippen LogP contribution is 2.17. The maximum atomic E-state index is 11.2. The van der Waals surface area contributed by atoms with Gasteiger partial charge in [0.15, 0.2) is 0 Å². The molecule has 0 heterocycles. The number of rotatable bonds is 4. The van der Waals surface area contributed by atoms with Crippen molar-refractivity contribution < 1.29 is 19.7 Å². The number of carbonyl (C=O) groups excluding carboxylic acids is 1. The normalized spacial score (nSPS) is 12.7. The van der Waals surface area contributed by atoms with Crippen LogP contribution in [0.3, 0.4) is 0 Å². The third-order valence-electron chi connectivity index (χ3n) is 1.62. The molecule has 0 aliphatic rings. The lowest BCUT2D eigenvalue weighted by atomic mass is 9.97. The zero-order valence-electron chi connectivity index (χ0n) is 9.59. The van der Waals surface area contributed by atoms with Gasteiger partial charge in [-0.05, 0) is 20.8 Å². The molecule has 0 aromatic heterocycles. The first kappa shape index (κ1) is 13.4. The number of carbonyl (C=O) groups is 1. The molecule has 0 unspecified atom stereocenters. The molecule has 0 aromatic rings. The highest BCUT2D eigenvalue weighted by molar-refractivity contribution is 5.74. The molecule has 0 saturated carbocycles. The van der Waals surface area contributed by atoms with Crippen molar-refractivity contribution in [1.29, 1.82) is 0 Å². The molecule has 0 amide bonds. The van der Waals surface area contributed by atoms with Gasteiger partial charge in [-0.1, -0.05) is 13.8 Å². The predicted molar refractivity (Wildman–Crippen MR) is 52.4 cm³/mol. The van der Waals surface area contributed by atoms with E-state index in [0.29, 0.717) is 0 Å². The molecule has 0 fully saturated rings.